The Morgan fingerprint density at radius 2 is 2.50 bits per heavy atom. The van der Waals surface area contributed by atoms with E-state index in [0.29, 0.717) is 6.61 Å². The Bertz CT molecular complexity index is 37.8. The average Bonchev–Trinajstić information content (AvgIpc) is 1.61. The van der Waals surface area contributed by atoms with Crippen LogP contribution in [0.2, 0.25) is 0 Å². The van der Waals surface area contributed by atoms with Gasteiger partial charge in [0.15, 0.2) is 0 Å². The topological polar surface area (TPSA) is 26.3 Å². The third kappa shape index (κ3) is 4.34. The minimum absolute atomic E-state index is 0.642. The first-order valence-electron chi connectivity index (χ1n) is 1.86. The number of hydrogen-bond acceptors (Lipinski definition) is 2. The van der Waals surface area contributed by atoms with Crippen molar-refractivity contribution in [3.63, 3.8) is 0 Å². The quantitative estimate of drug-likeness (QED) is 0.521. The average molecular weight is 126 g/mol. The van der Waals surface area contributed by atoms with Crippen molar-refractivity contribution in [2.75, 3.05) is 6.61 Å². The van der Waals surface area contributed by atoms with Crippen molar-refractivity contribution in [3.8, 4) is 0 Å². The van der Waals surface area contributed by atoms with Gasteiger partial charge in [-0.15, -0.1) is 0 Å². The SMILES string of the molecule is CCC[O][V]=[O]. The summed E-state index contributed by atoms with van der Waals surface area (Å²) in [7, 11) is 0. The van der Waals surface area contributed by atoms with Crippen molar-refractivity contribution in [1.29, 1.82) is 0 Å². The maximum atomic E-state index is 9.56. The summed E-state index contributed by atoms with van der Waals surface area (Å²) in [6, 6.07) is 0. The standard InChI is InChI=1S/C3H7O.O.V/c1-2-3-4;;/h2-3H2,1H3;;/q-1;;+1. The first kappa shape index (κ1) is 6.34. The Kier molecular flexibility index (Phi) is 5.65. The predicted molar refractivity (Wildman–Crippen MR) is 16.9 cm³/mol. The van der Waals surface area contributed by atoms with Gasteiger partial charge in [0.1, 0.15) is 0 Å². The Morgan fingerprint density at radius 3 is 2.67 bits per heavy atom. The van der Waals surface area contributed by atoms with Gasteiger partial charge < -0.3 is 0 Å². The van der Waals surface area contributed by atoms with Gasteiger partial charge >= 0.3 is 43.9 Å². The van der Waals surface area contributed by atoms with E-state index in [1.54, 1.807) is 0 Å². The summed E-state index contributed by atoms with van der Waals surface area (Å²) in [4.78, 5) is 0. The Morgan fingerprint density at radius 1 is 1.83 bits per heavy atom. The minimum atomic E-state index is -1.04. The molecule has 0 saturated carbocycles. The summed E-state index contributed by atoms with van der Waals surface area (Å²) in [6.45, 7) is 2.63. The maximum absolute atomic E-state index is 9.56. The van der Waals surface area contributed by atoms with Crippen LogP contribution < -0.4 is 0 Å². The zero-order chi connectivity index (χ0) is 4.83. The molecule has 0 rings (SSSR count). The molecule has 6 heavy (non-hydrogen) atoms. The molecule has 0 bridgehead atoms. The van der Waals surface area contributed by atoms with E-state index in [0.717, 1.165) is 6.42 Å². The van der Waals surface area contributed by atoms with Gasteiger partial charge in [0.25, 0.3) is 0 Å². The van der Waals surface area contributed by atoms with Crippen LogP contribution in [0.1, 0.15) is 13.3 Å². The van der Waals surface area contributed by atoms with E-state index in [1.165, 1.54) is 0 Å². The van der Waals surface area contributed by atoms with Crippen LogP contribution in [-0.4, -0.2) is 6.61 Å². The van der Waals surface area contributed by atoms with Gasteiger partial charge in [0.05, 0.1) is 0 Å². The molecule has 0 amide bonds. The van der Waals surface area contributed by atoms with Crippen molar-refractivity contribution in [2.45, 2.75) is 13.3 Å². The molecule has 0 N–H and O–H groups in total. The van der Waals surface area contributed by atoms with Crippen molar-refractivity contribution < 1.29 is 23.9 Å². The second-order valence-corrected chi connectivity index (χ2v) is 1.54. The van der Waals surface area contributed by atoms with Crippen LogP contribution in [0.4, 0.5) is 0 Å². The van der Waals surface area contributed by atoms with Gasteiger partial charge in [0.2, 0.25) is 0 Å². The molecule has 0 saturated heterocycles. The van der Waals surface area contributed by atoms with Crippen LogP contribution in [0, 0.1) is 0 Å². The third-order valence-corrected chi connectivity index (χ3v) is 0.798. The van der Waals surface area contributed by atoms with Crippen LogP contribution in [0.25, 0.3) is 0 Å². The van der Waals surface area contributed by atoms with Crippen LogP contribution in [0.5, 0.6) is 0 Å². The fraction of sp³-hybridized carbons (Fsp3) is 1.00. The van der Waals surface area contributed by atoms with Gasteiger partial charge in [-0.3, -0.25) is 0 Å². The third-order valence-electron chi connectivity index (χ3n) is 0.348. The summed E-state index contributed by atoms with van der Waals surface area (Å²) in [6.07, 6.45) is 0.956. The molecule has 0 aromatic heterocycles. The monoisotopic (exact) mass is 126 g/mol. The molecule has 3 heteroatoms. The molecule has 36 valence electrons. The van der Waals surface area contributed by atoms with Gasteiger partial charge in [-0.05, 0) is 0 Å². The van der Waals surface area contributed by atoms with Crippen molar-refractivity contribution in [1.82, 2.24) is 0 Å². The Balaban J connectivity index is 2.49. The van der Waals surface area contributed by atoms with E-state index < -0.39 is 16.6 Å². The van der Waals surface area contributed by atoms with E-state index in [2.05, 4.69) is 3.66 Å². The molecular weight excluding hydrogens is 119 g/mol. The Labute approximate surface area is 44.5 Å². The number of hydrogen-bond donors (Lipinski definition) is 0. The van der Waals surface area contributed by atoms with Gasteiger partial charge in [-0.1, -0.05) is 0 Å². The first-order valence-corrected chi connectivity index (χ1v) is 3.00. The second kappa shape index (κ2) is 5.34. The van der Waals surface area contributed by atoms with Crippen molar-refractivity contribution in [2.24, 2.45) is 0 Å². The molecule has 0 aliphatic heterocycles. The molecule has 0 aromatic rings. The fourth-order valence-electron chi connectivity index (χ4n) is 0.129. The van der Waals surface area contributed by atoms with E-state index >= 15 is 0 Å². The molecule has 0 unspecified atom stereocenters. The fourth-order valence-corrected chi connectivity index (χ4v) is 0.530. The molecule has 0 heterocycles. The number of rotatable bonds is 3. The predicted octanol–water partition coefficient (Wildman–Crippen LogP) is 0.756. The summed E-state index contributed by atoms with van der Waals surface area (Å²) < 4.78 is 14.1. The summed E-state index contributed by atoms with van der Waals surface area (Å²) in [5, 5.41) is 0. The van der Waals surface area contributed by atoms with E-state index in [-0.39, 0.29) is 0 Å². The Hall–Kier alpha value is 0.344. The van der Waals surface area contributed by atoms with Crippen LogP contribution in [-0.2, 0) is 23.9 Å². The van der Waals surface area contributed by atoms with Crippen LogP contribution >= 0.6 is 0 Å². The first-order chi connectivity index (χ1) is 2.91. The molecule has 0 atom stereocenters. The van der Waals surface area contributed by atoms with Gasteiger partial charge in [-0.25, -0.2) is 0 Å². The van der Waals surface area contributed by atoms with Gasteiger partial charge in [0, 0.05) is 0 Å². The molecule has 0 radical (unpaired) electrons. The molecule has 2 nitrogen and oxygen atoms in total. The van der Waals surface area contributed by atoms with Gasteiger partial charge in [-0.2, -0.15) is 0 Å². The summed E-state index contributed by atoms with van der Waals surface area (Å²) >= 11 is -1.04. The van der Waals surface area contributed by atoms with Crippen molar-refractivity contribution >= 4 is 0 Å². The van der Waals surface area contributed by atoms with Crippen LogP contribution in [0.15, 0.2) is 0 Å². The normalized spacial score (nSPS) is 8.17. The molecule has 0 fully saturated rings. The molecule has 0 spiro atoms. The van der Waals surface area contributed by atoms with E-state index in [4.69, 9.17) is 0 Å². The molecule has 0 aromatic carbocycles. The van der Waals surface area contributed by atoms with E-state index in [1.807, 2.05) is 6.92 Å². The molecule has 0 aliphatic carbocycles. The zero-order valence-electron chi connectivity index (χ0n) is 3.68. The van der Waals surface area contributed by atoms with Crippen molar-refractivity contribution in [3.05, 3.63) is 0 Å². The molecular formula is C3H7O2V. The van der Waals surface area contributed by atoms with E-state index in [9.17, 15) is 3.67 Å². The zero-order valence-corrected chi connectivity index (χ0v) is 5.07. The summed E-state index contributed by atoms with van der Waals surface area (Å²) in [5.41, 5.74) is 0. The molecule has 0 aliphatic rings. The second-order valence-electron chi connectivity index (χ2n) is 0.908. The summed E-state index contributed by atoms with van der Waals surface area (Å²) in [5.74, 6) is 0. The van der Waals surface area contributed by atoms with Crippen LogP contribution in [0.3, 0.4) is 0 Å².